The molecule has 32 heavy (non-hydrogen) atoms. The fourth-order valence-corrected chi connectivity index (χ4v) is 5.44. The van der Waals surface area contributed by atoms with Crippen molar-refractivity contribution in [1.29, 1.82) is 0 Å². The lowest BCUT2D eigenvalue weighted by atomic mass is 9.97. The van der Waals surface area contributed by atoms with Gasteiger partial charge in [-0.05, 0) is 85.0 Å². The molecule has 2 aromatic carbocycles. The van der Waals surface area contributed by atoms with Crippen molar-refractivity contribution in [2.24, 2.45) is 0 Å². The number of aliphatic carboxylic acids is 1. The molecule has 2 aliphatic heterocycles. The molecule has 2 saturated heterocycles. The Morgan fingerprint density at radius 2 is 1.62 bits per heavy atom. The van der Waals surface area contributed by atoms with Gasteiger partial charge in [-0.25, -0.2) is 4.79 Å². The van der Waals surface area contributed by atoms with Crippen LogP contribution in [0.1, 0.15) is 25.7 Å². The first-order chi connectivity index (χ1) is 15.2. The van der Waals surface area contributed by atoms with Crippen molar-refractivity contribution < 1.29 is 23.1 Å². The van der Waals surface area contributed by atoms with Gasteiger partial charge in [-0.15, -0.1) is 11.3 Å². The molecular formula is C24H25F3N2O2S. The number of rotatable bonds is 3. The van der Waals surface area contributed by atoms with Gasteiger partial charge >= 0.3 is 12.1 Å². The minimum absolute atomic E-state index is 0.627. The average molecular weight is 463 g/mol. The van der Waals surface area contributed by atoms with Crippen LogP contribution in [0.4, 0.5) is 18.9 Å². The molecule has 2 atom stereocenters. The van der Waals surface area contributed by atoms with Crippen LogP contribution in [0.5, 0.6) is 0 Å². The lowest BCUT2D eigenvalue weighted by molar-refractivity contribution is -0.192. The largest absolute Gasteiger partial charge is 0.490 e. The summed E-state index contributed by atoms with van der Waals surface area (Å²) in [5.74, 6) is -2.76. The summed E-state index contributed by atoms with van der Waals surface area (Å²) in [6, 6.07) is 20.1. The highest BCUT2D eigenvalue weighted by Gasteiger charge is 2.39. The third-order valence-electron chi connectivity index (χ3n) is 6.38. The van der Waals surface area contributed by atoms with Crippen molar-refractivity contribution in [2.45, 2.75) is 50.0 Å². The minimum Gasteiger partial charge on any atom is -0.475 e. The third kappa shape index (κ3) is 5.07. The molecule has 2 fully saturated rings. The number of hydrogen-bond acceptors (Lipinski definition) is 4. The molecule has 0 spiro atoms. The highest BCUT2D eigenvalue weighted by Crippen LogP contribution is 2.35. The summed E-state index contributed by atoms with van der Waals surface area (Å²) in [7, 11) is 2.30. The molecular weight excluding hydrogens is 437 g/mol. The van der Waals surface area contributed by atoms with Crippen LogP contribution in [-0.2, 0) is 4.79 Å². The first-order valence-electron chi connectivity index (χ1n) is 10.6. The maximum atomic E-state index is 10.6. The van der Waals surface area contributed by atoms with E-state index in [1.165, 1.54) is 52.6 Å². The lowest BCUT2D eigenvalue weighted by Gasteiger charge is -2.37. The maximum Gasteiger partial charge on any atom is 0.490 e. The Bertz CT molecular complexity index is 1070. The number of fused-ring (bicyclic) bond motifs is 3. The van der Waals surface area contributed by atoms with E-state index in [1.54, 1.807) is 11.3 Å². The zero-order valence-electron chi connectivity index (χ0n) is 17.6. The second-order valence-corrected chi connectivity index (χ2v) is 9.36. The van der Waals surface area contributed by atoms with Gasteiger partial charge in [0.05, 0.1) is 0 Å². The average Bonchev–Trinajstić information content (AvgIpc) is 3.28. The van der Waals surface area contributed by atoms with Gasteiger partial charge in [0.25, 0.3) is 0 Å². The molecule has 4 nitrogen and oxygen atoms in total. The number of piperidine rings is 1. The Morgan fingerprint density at radius 3 is 2.22 bits per heavy atom. The second-order valence-electron chi connectivity index (χ2n) is 8.42. The number of nitrogens with zero attached hydrogens (tertiary/aromatic N) is 1. The molecule has 8 heteroatoms. The summed E-state index contributed by atoms with van der Waals surface area (Å²) < 4.78 is 33.1. The van der Waals surface area contributed by atoms with Crippen molar-refractivity contribution in [2.75, 3.05) is 12.4 Å². The quantitative estimate of drug-likeness (QED) is 0.484. The Balaban J connectivity index is 0.000000307. The Labute approximate surface area is 188 Å². The maximum absolute atomic E-state index is 10.6. The highest BCUT2D eigenvalue weighted by molar-refractivity contribution is 7.17. The number of alkyl halides is 3. The molecule has 3 heterocycles. The summed E-state index contributed by atoms with van der Waals surface area (Å²) in [6.45, 7) is 0. The van der Waals surface area contributed by atoms with E-state index >= 15 is 0 Å². The number of hydrogen-bond donors (Lipinski definition) is 2. The summed E-state index contributed by atoms with van der Waals surface area (Å²) in [6.07, 6.45) is 0.236. The number of anilines is 1. The van der Waals surface area contributed by atoms with E-state index < -0.39 is 12.1 Å². The van der Waals surface area contributed by atoms with Gasteiger partial charge in [0.15, 0.2) is 0 Å². The smallest absolute Gasteiger partial charge is 0.475 e. The molecule has 0 aliphatic carbocycles. The van der Waals surface area contributed by atoms with Crippen LogP contribution < -0.4 is 5.32 Å². The minimum atomic E-state index is -5.08. The number of carboxylic acids is 1. The molecule has 170 valence electrons. The van der Waals surface area contributed by atoms with Crippen LogP contribution in [0.25, 0.3) is 21.2 Å². The monoisotopic (exact) mass is 462 g/mol. The van der Waals surface area contributed by atoms with Crippen LogP contribution in [0.2, 0.25) is 0 Å². The Kier molecular flexibility index (Phi) is 6.44. The molecule has 2 unspecified atom stereocenters. The SMILES string of the molecule is CN1C2CCC1CC(Nc1ccc(-c3ccc4sccc4c3)cc1)C2.O=C(O)C(F)(F)F. The molecule has 0 radical (unpaired) electrons. The van der Waals surface area contributed by atoms with Crippen LogP contribution in [0, 0.1) is 0 Å². The first kappa shape index (κ1) is 22.6. The summed E-state index contributed by atoms with van der Waals surface area (Å²) in [5, 5.41) is 14.4. The fourth-order valence-electron chi connectivity index (χ4n) is 4.67. The normalized spacial score (nSPS) is 22.9. The van der Waals surface area contributed by atoms with Crippen molar-refractivity contribution in [3.63, 3.8) is 0 Å². The number of carbonyl (C=O) groups is 1. The van der Waals surface area contributed by atoms with Gasteiger partial charge in [0, 0.05) is 28.5 Å². The van der Waals surface area contributed by atoms with Crippen molar-refractivity contribution in [3.05, 3.63) is 53.9 Å². The zero-order chi connectivity index (χ0) is 22.9. The number of carboxylic acid groups (broad SMARTS) is 1. The number of thiophene rings is 1. The lowest BCUT2D eigenvalue weighted by Crippen LogP contribution is -2.44. The summed E-state index contributed by atoms with van der Waals surface area (Å²) in [5.41, 5.74) is 3.85. The number of halogens is 3. The van der Waals surface area contributed by atoms with E-state index in [-0.39, 0.29) is 0 Å². The van der Waals surface area contributed by atoms with Gasteiger partial charge < -0.3 is 15.3 Å². The van der Waals surface area contributed by atoms with Crippen LogP contribution in [-0.4, -0.2) is 47.3 Å². The van der Waals surface area contributed by atoms with E-state index in [2.05, 4.69) is 71.2 Å². The van der Waals surface area contributed by atoms with Crippen molar-refractivity contribution in [3.8, 4) is 11.1 Å². The van der Waals surface area contributed by atoms with E-state index in [9.17, 15) is 13.2 Å². The summed E-state index contributed by atoms with van der Waals surface area (Å²) >= 11 is 1.81. The van der Waals surface area contributed by atoms with Gasteiger partial charge in [0.2, 0.25) is 0 Å². The Hall–Kier alpha value is -2.58. The fraction of sp³-hybridized carbons (Fsp3) is 0.375. The van der Waals surface area contributed by atoms with Crippen molar-refractivity contribution in [1.82, 2.24) is 4.90 Å². The topological polar surface area (TPSA) is 52.6 Å². The van der Waals surface area contributed by atoms with Gasteiger partial charge in [0.1, 0.15) is 0 Å². The van der Waals surface area contributed by atoms with Gasteiger partial charge in [-0.2, -0.15) is 13.2 Å². The van der Waals surface area contributed by atoms with E-state index in [1.807, 2.05) is 0 Å². The van der Waals surface area contributed by atoms with Gasteiger partial charge in [-0.3, -0.25) is 0 Å². The summed E-state index contributed by atoms with van der Waals surface area (Å²) in [4.78, 5) is 11.5. The van der Waals surface area contributed by atoms with Crippen LogP contribution in [0.3, 0.4) is 0 Å². The molecule has 2 aliphatic rings. The standard InChI is InChI=1S/C22H24N2S.C2HF3O2/c1-24-20-7-8-21(24)14-19(13-20)23-18-5-2-15(3-6-18)16-4-9-22-17(12-16)10-11-25-22;3-2(4,5)1(6)7/h2-6,9-12,19-21,23H,7-8,13-14H2,1H3;(H,6,7). The van der Waals surface area contributed by atoms with E-state index in [4.69, 9.17) is 9.90 Å². The predicted octanol–water partition coefficient (Wildman–Crippen LogP) is 6.24. The van der Waals surface area contributed by atoms with Gasteiger partial charge in [-0.1, -0.05) is 18.2 Å². The first-order valence-corrected chi connectivity index (χ1v) is 11.4. The molecule has 5 rings (SSSR count). The van der Waals surface area contributed by atoms with Crippen molar-refractivity contribution >= 4 is 33.1 Å². The molecule has 0 saturated carbocycles. The highest BCUT2D eigenvalue weighted by atomic mass is 32.1. The third-order valence-corrected chi connectivity index (χ3v) is 7.28. The molecule has 1 aromatic heterocycles. The Morgan fingerprint density at radius 1 is 1.03 bits per heavy atom. The van der Waals surface area contributed by atoms with E-state index in [0.717, 1.165) is 12.1 Å². The molecule has 2 bridgehead atoms. The predicted molar refractivity (Wildman–Crippen MR) is 122 cm³/mol. The number of benzene rings is 2. The molecule has 0 amide bonds. The number of nitrogens with one attached hydrogen (secondary N) is 1. The van der Waals surface area contributed by atoms with Crippen LogP contribution >= 0.6 is 11.3 Å². The zero-order valence-corrected chi connectivity index (χ0v) is 18.4. The molecule has 3 aromatic rings. The molecule has 2 N–H and O–H groups in total. The van der Waals surface area contributed by atoms with E-state index in [0.29, 0.717) is 6.04 Å². The van der Waals surface area contributed by atoms with Crippen LogP contribution in [0.15, 0.2) is 53.9 Å². The second kappa shape index (κ2) is 9.11.